The van der Waals surface area contributed by atoms with Crippen molar-refractivity contribution in [2.75, 3.05) is 19.8 Å². The lowest BCUT2D eigenvalue weighted by atomic mass is 10.1. The fraction of sp³-hybridized carbons (Fsp3) is 0.278. The van der Waals surface area contributed by atoms with E-state index in [9.17, 15) is 4.79 Å². The van der Waals surface area contributed by atoms with E-state index >= 15 is 0 Å². The van der Waals surface area contributed by atoms with E-state index in [1.165, 1.54) is 0 Å². The number of carbonyl (C=O) groups is 1. The molecule has 1 N–H and O–H groups in total. The molecule has 0 bridgehead atoms. The summed E-state index contributed by atoms with van der Waals surface area (Å²) in [6.45, 7) is 3.84. The molecule has 0 radical (unpaired) electrons. The monoisotopic (exact) mass is 347 g/mol. The van der Waals surface area contributed by atoms with Crippen molar-refractivity contribution < 1.29 is 19.0 Å². The number of fused-ring (bicyclic) bond motifs is 1. The number of rotatable bonds is 5. The zero-order chi connectivity index (χ0) is 16.9. The Labute approximate surface area is 145 Å². The number of nitrogens with one attached hydrogen (secondary N) is 1. The molecule has 0 atom stereocenters. The highest BCUT2D eigenvalue weighted by atomic mass is 35.5. The lowest BCUT2D eigenvalue weighted by molar-refractivity contribution is 0.0950. The van der Waals surface area contributed by atoms with Crippen LogP contribution in [0.1, 0.15) is 22.8 Å². The van der Waals surface area contributed by atoms with E-state index in [0.717, 1.165) is 11.3 Å². The van der Waals surface area contributed by atoms with Gasteiger partial charge in [0, 0.05) is 12.1 Å². The van der Waals surface area contributed by atoms with Crippen LogP contribution in [0, 0.1) is 0 Å². The topological polar surface area (TPSA) is 56.8 Å². The maximum atomic E-state index is 12.2. The first-order valence-corrected chi connectivity index (χ1v) is 8.14. The van der Waals surface area contributed by atoms with Crippen LogP contribution in [0.2, 0.25) is 5.02 Å². The molecule has 3 rings (SSSR count). The molecule has 1 amide bonds. The smallest absolute Gasteiger partial charge is 0.251 e. The number of carbonyl (C=O) groups excluding carboxylic acids is 1. The summed E-state index contributed by atoms with van der Waals surface area (Å²) >= 11 is 6.20. The van der Waals surface area contributed by atoms with Crippen molar-refractivity contribution in [3.05, 3.63) is 52.5 Å². The van der Waals surface area contributed by atoms with Crippen LogP contribution in [0.25, 0.3) is 0 Å². The van der Waals surface area contributed by atoms with Crippen molar-refractivity contribution in [2.24, 2.45) is 0 Å². The molecule has 0 aliphatic carbocycles. The normalized spacial score (nSPS) is 12.6. The van der Waals surface area contributed by atoms with Crippen LogP contribution in [0.5, 0.6) is 17.2 Å². The van der Waals surface area contributed by atoms with Crippen molar-refractivity contribution >= 4 is 17.5 Å². The molecule has 5 nitrogen and oxygen atoms in total. The zero-order valence-electron chi connectivity index (χ0n) is 13.3. The molecule has 0 saturated heterocycles. The second kappa shape index (κ2) is 7.45. The first kappa shape index (κ1) is 16.5. The van der Waals surface area contributed by atoms with E-state index in [1.807, 2.05) is 13.0 Å². The Bertz CT molecular complexity index is 731. The highest BCUT2D eigenvalue weighted by Gasteiger charge is 2.17. The first-order chi connectivity index (χ1) is 11.7. The molecule has 126 valence electrons. The largest absolute Gasteiger partial charge is 0.494 e. The maximum absolute atomic E-state index is 12.2. The Hall–Kier alpha value is -2.40. The molecule has 0 unspecified atom stereocenters. The summed E-state index contributed by atoms with van der Waals surface area (Å²) in [7, 11) is 0. The average molecular weight is 348 g/mol. The maximum Gasteiger partial charge on any atom is 0.251 e. The van der Waals surface area contributed by atoms with Gasteiger partial charge >= 0.3 is 0 Å². The molecule has 1 heterocycles. The van der Waals surface area contributed by atoms with Crippen LogP contribution >= 0.6 is 11.6 Å². The molecule has 0 aromatic heterocycles. The summed E-state index contributed by atoms with van der Waals surface area (Å²) in [6, 6.07) is 10.6. The second-order valence-corrected chi connectivity index (χ2v) is 5.65. The Balaban J connectivity index is 1.64. The van der Waals surface area contributed by atoms with E-state index in [1.54, 1.807) is 30.3 Å². The SMILES string of the molecule is CCOc1ccc(C(=O)NCc2cc(Cl)c3c(c2)OCCO3)cc1. The Morgan fingerprint density at radius 2 is 1.96 bits per heavy atom. The van der Waals surface area contributed by atoms with Crippen LogP contribution in [0.15, 0.2) is 36.4 Å². The second-order valence-electron chi connectivity index (χ2n) is 5.24. The van der Waals surface area contributed by atoms with E-state index in [4.69, 9.17) is 25.8 Å². The first-order valence-electron chi connectivity index (χ1n) is 7.76. The number of ether oxygens (including phenoxy) is 3. The van der Waals surface area contributed by atoms with Crippen molar-refractivity contribution in [3.63, 3.8) is 0 Å². The van der Waals surface area contributed by atoms with Gasteiger partial charge in [0.05, 0.1) is 11.6 Å². The van der Waals surface area contributed by atoms with Gasteiger partial charge in [-0.15, -0.1) is 0 Å². The van der Waals surface area contributed by atoms with Gasteiger partial charge in [0.1, 0.15) is 19.0 Å². The number of amides is 1. The van der Waals surface area contributed by atoms with Gasteiger partial charge in [-0.1, -0.05) is 11.6 Å². The molecule has 2 aromatic rings. The Morgan fingerprint density at radius 3 is 2.71 bits per heavy atom. The highest BCUT2D eigenvalue weighted by molar-refractivity contribution is 6.32. The molecule has 1 aliphatic rings. The third-order valence-corrected chi connectivity index (χ3v) is 3.82. The third-order valence-electron chi connectivity index (χ3n) is 3.54. The Kier molecular flexibility index (Phi) is 5.11. The zero-order valence-corrected chi connectivity index (χ0v) is 14.1. The van der Waals surface area contributed by atoms with Crippen molar-refractivity contribution in [1.29, 1.82) is 0 Å². The summed E-state index contributed by atoms with van der Waals surface area (Å²) in [4.78, 5) is 12.2. The average Bonchev–Trinajstić information content (AvgIpc) is 2.61. The third kappa shape index (κ3) is 3.74. The van der Waals surface area contributed by atoms with Gasteiger partial charge in [0.25, 0.3) is 5.91 Å². The predicted molar refractivity (Wildman–Crippen MR) is 91.2 cm³/mol. The van der Waals surface area contributed by atoms with Gasteiger partial charge in [-0.05, 0) is 48.9 Å². The molecule has 2 aromatic carbocycles. The van der Waals surface area contributed by atoms with E-state index in [0.29, 0.717) is 48.5 Å². The van der Waals surface area contributed by atoms with Gasteiger partial charge in [0.2, 0.25) is 0 Å². The molecule has 24 heavy (non-hydrogen) atoms. The fourth-order valence-electron chi connectivity index (χ4n) is 2.42. The van der Waals surface area contributed by atoms with Crippen LogP contribution in [-0.4, -0.2) is 25.7 Å². The quantitative estimate of drug-likeness (QED) is 0.900. The number of benzene rings is 2. The molecule has 0 spiro atoms. The van der Waals surface area contributed by atoms with Gasteiger partial charge in [-0.3, -0.25) is 4.79 Å². The van der Waals surface area contributed by atoms with Gasteiger partial charge < -0.3 is 19.5 Å². The van der Waals surface area contributed by atoms with E-state index in [2.05, 4.69) is 5.32 Å². The van der Waals surface area contributed by atoms with Crippen molar-refractivity contribution in [3.8, 4) is 17.2 Å². The van der Waals surface area contributed by atoms with E-state index in [-0.39, 0.29) is 5.91 Å². The van der Waals surface area contributed by atoms with Crippen LogP contribution < -0.4 is 19.5 Å². The van der Waals surface area contributed by atoms with Crippen molar-refractivity contribution in [1.82, 2.24) is 5.32 Å². The molecular weight excluding hydrogens is 330 g/mol. The highest BCUT2D eigenvalue weighted by Crippen LogP contribution is 2.38. The lowest BCUT2D eigenvalue weighted by Gasteiger charge is -2.20. The minimum Gasteiger partial charge on any atom is -0.494 e. The molecular formula is C18H18ClNO4. The number of halogens is 1. The van der Waals surface area contributed by atoms with Crippen LogP contribution in [-0.2, 0) is 6.54 Å². The number of hydrogen-bond donors (Lipinski definition) is 1. The standard InChI is InChI=1S/C18H18ClNO4/c1-2-22-14-5-3-13(4-6-14)18(21)20-11-12-9-15(19)17-16(10-12)23-7-8-24-17/h3-6,9-10H,2,7-8,11H2,1H3,(H,20,21). The van der Waals surface area contributed by atoms with E-state index < -0.39 is 0 Å². The summed E-state index contributed by atoms with van der Waals surface area (Å²) in [5.74, 6) is 1.75. The fourth-order valence-corrected chi connectivity index (χ4v) is 2.71. The van der Waals surface area contributed by atoms with Crippen LogP contribution in [0.3, 0.4) is 0 Å². The summed E-state index contributed by atoms with van der Waals surface area (Å²) in [5.41, 5.74) is 1.42. The van der Waals surface area contributed by atoms with Gasteiger partial charge in [0.15, 0.2) is 11.5 Å². The molecule has 6 heteroatoms. The molecule has 0 saturated carbocycles. The summed E-state index contributed by atoms with van der Waals surface area (Å²) in [6.07, 6.45) is 0. The van der Waals surface area contributed by atoms with Crippen molar-refractivity contribution in [2.45, 2.75) is 13.5 Å². The predicted octanol–water partition coefficient (Wildman–Crippen LogP) is 3.44. The van der Waals surface area contributed by atoms with Gasteiger partial charge in [-0.2, -0.15) is 0 Å². The molecule has 1 aliphatic heterocycles. The minimum absolute atomic E-state index is 0.163. The minimum atomic E-state index is -0.163. The lowest BCUT2D eigenvalue weighted by Crippen LogP contribution is -2.23. The van der Waals surface area contributed by atoms with Crippen LogP contribution in [0.4, 0.5) is 0 Å². The Morgan fingerprint density at radius 1 is 1.21 bits per heavy atom. The van der Waals surface area contributed by atoms with Gasteiger partial charge in [-0.25, -0.2) is 0 Å². The summed E-state index contributed by atoms with van der Waals surface area (Å²) in [5, 5.41) is 3.35. The molecule has 0 fully saturated rings. The number of hydrogen-bond acceptors (Lipinski definition) is 4. The summed E-state index contributed by atoms with van der Waals surface area (Å²) < 4.78 is 16.4.